The fraction of sp³-hybridized carbons (Fsp3) is 0.667. The van der Waals surface area contributed by atoms with Crippen molar-refractivity contribution in [3.8, 4) is 0 Å². The van der Waals surface area contributed by atoms with Gasteiger partial charge in [0.05, 0.1) is 0 Å². The van der Waals surface area contributed by atoms with Crippen molar-refractivity contribution in [1.29, 1.82) is 0 Å². The molecule has 20 heavy (non-hydrogen) atoms. The average Bonchev–Trinajstić information content (AvgIpc) is 3.04. The molecule has 0 radical (unpaired) electrons. The molecule has 1 aliphatic carbocycles. The van der Waals surface area contributed by atoms with E-state index in [1.165, 1.54) is 31.5 Å². The summed E-state index contributed by atoms with van der Waals surface area (Å²) in [5.41, 5.74) is 3.09. The summed E-state index contributed by atoms with van der Waals surface area (Å²) in [5, 5.41) is 3.73. The number of benzene rings is 1. The van der Waals surface area contributed by atoms with Gasteiger partial charge in [0.1, 0.15) is 0 Å². The average molecular weight is 272 g/mol. The Bertz CT molecular complexity index is 454. The van der Waals surface area contributed by atoms with Crippen LogP contribution in [-0.2, 0) is 6.42 Å². The Balaban J connectivity index is 1.77. The van der Waals surface area contributed by atoms with Gasteiger partial charge in [-0.3, -0.25) is 4.90 Å². The van der Waals surface area contributed by atoms with Crippen molar-refractivity contribution >= 4 is 0 Å². The van der Waals surface area contributed by atoms with Gasteiger partial charge in [-0.1, -0.05) is 45.0 Å². The second-order valence-electron chi connectivity index (χ2n) is 6.79. The van der Waals surface area contributed by atoms with E-state index in [4.69, 9.17) is 0 Å². The van der Waals surface area contributed by atoms with Gasteiger partial charge in [-0.25, -0.2) is 0 Å². The summed E-state index contributed by atoms with van der Waals surface area (Å²) < 4.78 is 0. The van der Waals surface area contributed by atoms with E-state index in [-0.39, 0.29) is 0 Å². The normalized spacial score (nSPS) is 30.1. The molecular formula is C18H28N2. The highest BCUT2D eigenvalue weighted by molar-refractivity contribution is 5.37. The summed E-state index contributed by atoms with van der Waals surface area (Å²) in [4.78, 5) is 2.75. The predicted molar refractivity (Wildman–Crippen MR) is 84.9 cm³/mol. The van der Waals surface area contributed by atoms with E-state index < -0.39 is 0 Å². The lowest BCUT2D eigenvalue weighted by atomic mass is 9.95. The van der Waals surface area contributed by atoms with Crippen molar-refractivity contribution in [3.05, 3.63) is 35.4 Å². The lowest BCUT2D eigenvalue weighted by Gasteiger charge is -2.30. The molecule has 1 aliphatic heterocycles. The number of likely N-dealkylation sites (tertiary alicyclic amines) is 1. The van der Waals surface area contributed by atoms with E-state index in [9.17, 15) is 0 Å². The smallest absolute Gasteiger partial charge is 0.0484 e. The fourth-order valence-corrected chi connectivity index (χ4v) is 4.04. The molecule has 110 valence electrons. The Hall–Kier alpha value is -0.860. The second kappa shape index (κ2) is 5.87. The molecule has 0 amide bonds. The van der Waals surface area contributed by atoms with Crippen LogP contribution < -0.4 is 5.32 Å². The van der Waals surface area contributed by atoms with E-state index in [2.05, 4.69) is 55.3 Å². The minimum Gasteiger partial charge on any atom is -0.309 e. The largest absolute Gasteiger partial charge is 0.309 e. The minimum atomic E-state index is 0.530. The summed E-state index contributed by atoms with van der Waals surface area (Å²) in [6, 6.07) is 10.2. The lowest BCUT2D eigenvalue weighted by Crippen LogP contribution is -2.42. The van der Waals surface area contributed by atoms with Crippen LogP contribution in [0.4, 0.5) is 0 Å². The first kappa shape index (κ1) is 14.1. The van der Waals surface area contributed by atoms with Gasteiger partial charge in [0, 0.05) is 18.6 Å². The van der Waals surface area contributed by atoms with Crippen molar-refractivity contribution < 1.29 is 0 Å². The summed E-state index contributed by atoms with van der Waals surface area (Å²) in [5.74, 6) is 1.71. The monoisotopic (exact) mass is 272 g/mol. The van der Waals surface area contributed by atoms with Gasteiger partial charge in [-0.2, -0.15) is 0 Å². The first-order chi connectivity index (χ1) is 9.70. The summed E-state index contributed by atoms with van der Waals surface area (Å²) >= 11 is 0. The van der Waals surface area contributed by atoms with Gasteiger partial charge >= 0.3 is 0 Å². The zero-order valence-corrected chi connectivity index (χ0v) is 13.1. The molecule has 2 aliphatic rings. The number of hydrogen-bond acceptors (Lipinski definition) is 2. The Morgan fingerprint density at radius 1 is 1.30 bits per heavy atom. The van der Waals surface area contributed by atoms with Gasteiger partial charge < -0.3 is 5.32 Å². The van der Waals surface area contributed by atoms with E-state index >= 15 is 0 Å². The molecule has 0 spiro atoms. The van der Waals surface area contributed by atoms with Crippen LogP contribution in [0.3, 0.4) is 0 Å². The van der Waals surface area contributed by atoms with Crippen LogP contribution in [0.2, 0.25) is 0 Å². The van der Waals surface area contributed by atoms with E-state index in [0.29, 0.717) is 12.1 Å². The lowest BCUT2D eigenvalue weighted by molar-refractivity contribution is 0.192. The fourth-order valence-electron chi connectivity index (χ4n) is 4.04. The van der Waals surface area contributed by atoms with Crippen LogP contribution >= 0.6 is 0 Å². The maximum Gasteiger partial charge on any atom is 0.0484 e. The molecule has 0 aromatic heterocycles. The first-order valence-electron chi connectivity index (χ1n) is 8.26. The molecule has 3 atom stereocenters. The zero-order chi connectivity index (χ0) is 14.1. The second-order valence-corrected chi connectivity index (χ2v) is 6.79. The molecule has 2 nitrogen and oxygen atoms in total. The Morgan fingerprint density at radius 2 is 2.10 bits per heavy atom. The molecule has 1 saturated heterocycles. The summed E-state index contributed by atoms with van der Waals surface area (Å²) in [7, 11) is 0. The van der Waals surface area contributed by atoms with Gasteiger partial charge in [0.2, 0.25) is 0 Å². The molecule has 1 aromatic rings. The molecule has 0 saturated carbocycles. The number of fused-ring (bicyclic) bond motifs is 1. The molecule has 0 bridgehead atoms. The van der Waals surface area contributed by atoms with Gasteiger partial charge in [0.15, 0.2) is 0 Å². The zero-order valence-electron chi connectivity index (χ0n) is 13.1. The first-order valence-corrected chi connectivity index (χ1v) is 8.26. The maximum atomic E-state index is 3.73. The maximum absolute atomic E-state index is 3.73. The molecule has 1 fully saturated rings. The molecule has 3 unspecified atom stereocenters. The Morgan fingerprint density at radius 3 is 2.80 bits per heavy atom. The standard InChI is InChI=1S/C18H28N2/c1-4-19-18-16-8-6-5-7-14(16)11-17(18)20-10-9-15(12-20)13(2)3/h5-8,13,15,17-19H,4,9-12H2,1-3H3. The molecule has 2 heteroatoms. The highest BCUT2D eigenvalue weighted by atomic mass is 15.2. The van der Waals surface area contributed by atoms with Crippen LogP contribution in [0.15, 0.2) is 24.3 Å². The van der Waals surface area contributed by atoms with E-state index in [1.54, 1.807) is 5.56 Å². The number of nitrogens with zero attached hydrogens (tertiary/aromatic N) is 1. The predicted octanol–water partition coefficient (Wildman–Crippen LogP) is 3.24. The number of hydrogen-bond donors (Lipinski definition) is 1. The highest BCUT2D eigenvalue weighted by Gasteiger charge is 2.38. The topological polar surface area (TPSA) is 15.3 Å². The van der Waals surface area contributed by atoms with Crippen molar-refractivity contribution in [2.75, 3.05) is 19.6 Å². The third kappa shape index (κ3) is 2.51. The molecular weight excluding hydrogens is 244 g/mol. The van der Waals surface area contributed by atoms with Crippen LogP contribution in [0.1, 0.15) is 44.4 Å². The van der Waals surface area contributed by atoms with Crippen molar-refractivity contribution in [1.82, 2.24) is 10.2 Å². The molecule has 1 N–H and O–H groups in total. The van der Waals surface area contributed by atoms with E-state index in [0.717, 1.165) is 18.4 Å². The van der Waals surface area contributed by atoms with Crippen LogP contribution in [0.25, 0.3) is 0 Å². The Labute approximate surface area is 123 Å². The number of nitrogens with one attached hydrogen (secondary N) is 1. The molecule has 3 rings (SSSR count). The van der Waals surface area contributed by atoms with Crippen LogP contribution in [0, 0.1) is 11.8 Å². The highest BCUT2D eigenvalue weighted by Crippen LogP contribution is 2.37. The van der Waals surface area contributed by atoms with Crippen molar-refractivity contribution in [3.63, 3.8) is 0 Å². The summed E-state index contributed by atoms with van der Waals surface area (Å²) in [6.07, 6.45) is 2.60. The van der Waals surface area contributed by atoms with Crippen molar-refractivity contribution in [2.45, 2.75) is 45.7 Å². The quantitative estimate of drug-likeness (QED) is 0.905. The van der Waals surface area contributed by atoms with Crippen molar-refractivity contribution in [2.24, 2.45) is 11.8 Å². The Kier molecular flexibility index (Phi) is 4.13. The van der Waals surface area contributed by atoms with Crippen LogP contribution in [0.5, 0.6) is 0 Å². The van der Waals surface area contributed by atoms with Gasteiger partial charge in [-0.05, 0) is 48.9 Å². The minimum absolute atomic E-state index is 0.530. The van der Waals surface area contributed by atoms with Gasteiger partial charge in [-0.15, -0.1) is 0 Å². The number of rotatable bonds is 4. The van der Waals surface area contributed by atoms with Gasteiger partial charge in [0.25, 0.3) is 0 Å². The van der Waals surface area contributed by atoms with Crippen LogP contribution in [-0.4, -0.2) is 30.6 Å². The third-order valence-electron chi connectivity index (χ3n) is 5.30. The SMILES string of the molecule is CCNC1c2ccccc2CC1N1CCC(C(C)C)C1. The summed E-state index contributed by atoms with van der Waals surface area (Å²) in [6.45, 7) is 10.6. The molecule has 1 aromatic carbocycles. The number of likely N-dealkylation sites (N-methyl/N-ethyl adjacent to an activating group) is 1. The third-order valence-corrected chi connectivity index (χ3v) is 5.30. The van der Waals surface area contributed by atoms with E-state index in [1.807, 2.05) is 0 Å². The molecule has 1 heterocycles.